The molecule has 2 aromatic carbocycles. The van der Waals surface area contributed by atoms with Gasteiger partial charge in [-0.3, -0.25) is 9.36 Å². The summed E-state index contributed by atoms with van der Waals surface area (Å²) in [5.41, 5.74) is 2.70. The van der Waals surface area contributed by atoms with Crippen LogP contribution in [0.25, 0.3) is 34.0 Å². The number of H-pyrrole nitrogens is 1. The van der Waals surface area contributed by atoms with E-state index in [1.54, 1.807) is 10.6 Å². The SMILES string of the molecule is O=c1c2ccccc2nc(C=Cc2c[nH]c3ccccc23)n1CCCO. The molecule has 0 fully saturated rings. The Hall–Kier alpha value is -3.18. The fourth-order valence-electron chi connectivity index (χ4n) is 3.15. The van der Waals surface area contributed by atoms with E-state index < -0.39 is 0 Å². The topological polar surface area (TPSA) is 70.9 Å². The third-order valence-corrected chi connectivity index (χ3v) is 4.46. The lowest BCUT2D eigenvalue weighted by atomic mass is 10.1. The zero-order valence-electron chi connectivity index (χ0n) is 14.2. The lowest BCUT2D eigenvalue weighted by Gasteiger charge is -2.10. The number of hydrogen-bond donors (Lipinski definition) is 2. The summed E-state index contributed by atoms with van der Waals surface area (Å²) in [6, 6.07) is 15.4. The van der Waals surface area contributed by atoms with E-state index in [0.717, 1.165) is 16.5 Å². The number of para-hydroxylation sites is 2. The maximum atomic E-state index is 12.8. The minimum Gasteiger partial charge on any atom is -0.396 e. The molecular weight excluding hydrogens is 326 g/mol. The van der Waals surface area contributed by atoms with Crippen LogP contribution in [0.15, 0.2) is 59.5 Å². The van der Waals surface area contributed by atoms with Gasteiger partial charge in [0.05, 0.1) is 10.9 Å². The minimum absolute atomic E-state index is 0.0326. The summed E-state index contributed by atoms with van der Waals surface area (Å²) in [6.45, 7) is 0.464. The molecule has 5 nitrogen and oxygen atoms in total. The molecule has 0 aliphatic rings. The fraction of sp³-hybridized carbons (Fsp3) is 0.143. The van der Waals surface area contributed by atoms with E-state index in [2.05, 4.69) is 16.0 Å². The smallest absolute Gasteiger partial charge is 0.261 e. The third-order valence-electron chi connectivity index (χ3n) is 4.46. The molecular formula is C21H19N3O2. The van der Waals surface area contributed by atoms with Gasteiger partial charge < -0.3 is 10.1 Å². The highest BCUT2D eigenvalue weighted by Crippen LogP contribution is 2.20. The number of nitrogens with zero attached hydrogens (tertiary/aromatic N) is 2. The molecule has 4 rings (SSSR count). The molecule has 5 heteroatoms. The van der Waals surface area contributed by atoms with Gasteiger partial charge in [-0.1, -0.05) is 30.3 Å². The van der Waals surface area contributed by atoms with Gasteiger partial charge in [-0.2, -0.15) is 0 Å². The van der Waals surface area contributed by atoms with Crippen LogP contribution in [-0.4, -0.2) is 26.2 Å². The van der Waals surface area contributed by atoms with Crippen molar-refractivity contribution in [1.82, 2.24) is 14.5 Å². The first-order valence-corrected chi connectivity index (χ1v) is 8.62. The quantitative estimate of drug-likeness (QED) is 0.582. The highest BCUT2D eigenvalue weighted by Gasteiger charge is 2.09. The van der Waals surface area contributed by atoms with Crippen molar-refractivity contribution in [1.29, 1.82) is 0 Å². The van der Waals surface area contributed by atoms with Crippen LogP contribution in [0.2, 0.25) is 0 Å². The second-order valence-corrected chi connectivity index (χ2v) is 6.14. The van der Waals surface area contributed by atoms with Gasteiger partial charge in [-0.25, -0.2) is 4.98 Å². The maximum absolute atomic E-state index is 12.8. The number of aliphatic hydroxyl groups excluding tert-OH is 1. The second kappa shape index (κ2) is 6.98. The number of aromatic nitrogens is 3. The van der Waals surface area contributed by atoms with E-state index in [1.807, 2.05) is 54.7 Å². The summed E-state index contributed by atoms with van der Waals surface area (Å²) in [7, 11) is 0. The standard InChI is InChI=1S/C21H19N3O2/c25-13-5-12-24-20(23-19-9-4-2-7-17(19)21(24)26)11-10-15-14-22-18-8-3-1-6-16(15)18/h1-4,6-11,14,22,25H,5,12-13H2. The predicted molar refractivity (Wildman–Crippen MR) is 105 cm³/mol. The predicted octanol–water partition coefficient (Wildman–Crippen LogP) is 3.43. The summed E-state index contributed by atoms with van der Waals surface area (Å²) >= 11 is 0. The average molecular weight is 345 g/mol. The van der Waals surface area contributed by atoms with E-state index in [9.17, 15) is 4.79 Å². The van der Waals surface area contributed by atoms with Crippen molar-refractivity contribution < 1.29 is 5.11 Å². The molecule has 130 valence electrons. The van der Waals surface area contributed by atoms with Gasteiger partial charge in [0.2, 0.25) is 0 Å². The van der Waals surface area contributed by atoms with Crippen molar-refractivity contribution in [3.63, 3.8) is 0 Å². The number of aromatic amines is 1. The molecule has 4 aromatic rings. The molecule has 0 radical (unpaired) electrons. The fourth-order valence-corrected chi connectivity index (χ4v) is 3.15. The molecule has 0 saturated heterocycles. The van der Waals surface area contributed by atoms with E-state index in [1.165, 1.54) is 0 Å². The van der Waals surface area contributed by atoms with Crippen LogP contribution in [-0.2, 0) is 6.54 Å². The lowest BCUT2D eigenvalue weighted by Crippen LogP contribution is -2.24. The number of hydrogen-bond acceptors (Lipinski definition) is 3. The van der Waals surface area contributed by atoms with Crippen LogP contribution in [0.5, 0.6) is 0 Å². The number of rotatable bonds is 5. The third kappa shape index (κ3) is 2.93. The van der Waals surface area contributed by atoms with Gasteiger partial charge in [-0.05, 0) is 42.3 Å². The lowest BCUT2D eigenvalue weighted by molar-refractivity contribution is 0.278. The van der Waals surface area contributed by atoms with Crippen LogP contribution in [0, 0.1) is 0 Å². The van der Waals surface area contributed by atoms with E-state index in [-0.39, 0.29) is 12.2 Å². The molecule has 0 aliphatic heterocycles. The summed E-state index contributed by atoms with van der Waals surface area (Å²) in [4.78, 5) is 20.7. The Morgan fingerprint density at radius 2 is 1.81 bits per heavy atom. The van der Waals surface area contributed by atoms with Crippen molar-refractivity contribution in [2.45, 2.75) is 13.0 Å². The second-order valence-electron chi connectivity index (χ2n) is 6.14. The zero-order valence-corrected chi connectivity index (χ0v) is 14.2. The molecule has 26 heavy (non-hydrogen) atoms. The molecule has 0 amide bonds. The van der Waals surface area contributed by atoms with E-state index in [0.29, 0.717) is 29.7 Å². The molecule has 0 unspecified atom stereocenters. The number of aliphatic hydroxyl groups is 1. The van der Waals surface area contributed by atoms with Crippen molar-refractivity contribution in [2.75, 3.05) is 6.61 Å². The first-order chi connectivity index (χ1) is 12.8. The summed E-state index contributed by atoms with van der Waals surface area (Å²) in [6.07, 6.45) is 6.28. The Morgan fingerprint density at radius 3 is 2.65 bits per heavy atom. The molecule has 0 aliphatic carbocycles. The number of benzene rings is 2. The van der Waals surface area contributed by atoms with E-state index in [4.69, 9.17) is 5.11 Å². The Morgan fingerprint density at radius 1 is 1.04 bits per heavy atom. The Balaban J connectivity index is 1.83. The van der Waals surface area contributed by atoms with Gasteiger partial charge in [0.25, 0.3) is 5.56 Å². The molecule has 0 saturated carbocycles. The summed E-state index contributed by atoms with van der Waals surface area (Å²) in [5.74, 6) is 0.590. The molecule has 0 spiro atoms. The first kappa shape index (κ1) is 16.3. The van der Waals surface area contributed by atoms with Gasteiger partial charge in [0.1, 0.15) is 5.82 Å². The van der Waals surface area contributed by atoms with Crippen molar-refractivity contribution in [3.8, 4) is 0 Å². The highest BCUT2D eigenvalue weighted by atomic mass is 16.3. The number of nitrogens with one attached hydrogen (secondary N) is 1. The molecule has 2 N–H and O–H groups in total. The van der Waals surface area contributed by atoms with E-state index >= 15 is 0 Å². The Labute approximate surface area is 150 Å². The van der Waals surface area contributed by atoms with Gasteiger partial charge in [0.15, 0.2) is 0 Å². The van der Waals surface area contributed by atoms with Crippen molar-refractivity contribution in [3.05, 3.63) is 76.5 Å². The van der Waals surface area contributed by atoms with Crippen LogP contribution in [0.1, 0.15) is 17.8 Å². The molecule has 2 aromatic heterocycles. The van der Waals surface area contributed by atoms with Crippen molar-refractivity contribution in [2.24, 2.45) is 0 Å². The van der Waals surface area contributed by atoms with Crippen LogP contribution in [0.3, 0.4) is 0 Å². The Kier molecular flexibility index (Phi) is 4.37. The van der Waals surface area contributed by atoms with Crippen LogP contribution >= 0.6 is 0 Å². The number of fused-ring (bicyclic) bond motifs is 2. The van der Waals surface area contributed by atoms with Gasteiger partial charge in [0, 0.05) is 30.3 Å². The zero-order chi connectivity index (χ0) is 17.9. The largest absolute Gasteiger partial charge is 0.396 e. The monoisotopic (exact) mass is 345 g/mol. The molecule has 0 atom stereocenters. The summed E-state index contributed by atoms with van der Waals surface area (Å²) in [5, 5.41) is 10.9. The Bertz CT molecular complexity index is 1150. The van der Waals surface area contributed by atoms with Gasteiger partial charge >= 0.3 is 0 Å². The van der Waals surface area contributed by atoms with Crippen LogP contribution < -0.4 is 5.56 Å². The average Bonchev–Trinajstić information content (AvgIpc) is 3.09. The summed E-state index contributed by atoms with van der Waals surface area (Å²) < 4.78 is 1.63. The van der Waals surface area contributed by atoms with Gasteiger partial charge in [-0.15, -0.1) is 0 Å². The normalized spacial score (nSPS) is 11.7. The highest BCUT2D eigenvalue weighted by molar-refractivity contribution is 5.91. The maximum Gasteiger partial charge on any atom is 0.261 e. The molecule has 0 bridgehead atoms. The minimum atomic E-state index is -0.0809. The first-order valence-electron chi connectivity index (χ1n) is 8.62. The van der Waals surface area contributed by atoms with Crippen molar-refractivity contribution >= 4 is 34.0 Å². The molecule has 2 heterocycles. The van der Waals surface area contributed by atoms with Crippen LogP contribution in [0.4, 0.5) is 0 Å².